The minimum Gasteiger partial charge on any atom is -0.337 e. The van der Waals surface area contributed by atoms with E-state index in [1.165, 1.54) is 11.0 Å². The number of anilines is 1. The van der Waals surface area contributed by atoms with Crippen LogP contribution >= 0.6 is 0 Å². The van der Waals surface area contributed by atoms with Gasteiger partial charge in [-0.1, -0.05) is 6.07 Å². The number of halogens is 2. The lowest BCUT2D eigenvalue weighted by atomic mass is 9.97. The summed E-state index contributed by atoms with van der Waals surface area (Å²) in [6, 6.07) is 12.2. The van der Waals surface area contributed by atoms with Gasteiger partial charge in [0.25, 0.3) is 5.91 Å². The zero-order valence-corrected chi connectivity index (χ0v) is 14.2. The highest BCUT2D eigenvalue weighted by atomic mass is 19.2. The van der Waals surface area contributed by atoms with Gasteiger partial charge < -0.3 is 10.2 Å². The number of amides is 2. The SMILES string of the molecule is O=C(Nc1ccc2ncccc2c1)C1CN(C(=O)c2ccc(F)c(F)c2)C1. The molecule has 1 N–H and O–H groups in total. The van der Waals surface area contributed by atoms with Crippen LogP contribution < -0.4 is 5.32 Å². The molecule has 1 aliphatic heterocycles. The first kappa shape index (κ1) is 17.1. The Morgan fingerprint density at radius 2 is 1.85 bits per heavy atom. The number of aromatic nitrogens is 1. The summed E-state index contributed by atoms with van der Waals surface area (Å²) < 4.78 is 26.2. The van der Waals surface area contributed by atoms with E-state index in [-0.39, 0.29) is 30.5 Å². The average molecular weight is 367 g/mol. The highest BCUT2D eigenvalue weighted by Gasteiger charge is 2.36. The first-order valence-electron chi connectivity index (χ1n) is 8.41. The van der Waals surface area contributed by atoms with Crippen LogP contribution in [0.5, 0.6) is 0 Å². The Hall–Kier alpha value is -3.35. The number of carbonyl (C=O) groups is 2. The molecule has 2 heterocycles. The zero-order chi connectivity index (χ0) is 19.0. The highest BCUT2D eigenvalue weighted by Crippen LogP contribution is 2.23. The van der Waals surface area contributed by atoms with E-state index in [1.807, 2.05) is 24.3 Å². The number of fused-ring (bicyclic) bond motifs is 1. The molecule has 1 aliphatic rings. The summed E-state index contributed by atoms with van der Waals surface area (Å²) in [7, 11) is 0. The third-order valence-corrected chi connectivity index (χ3v) is 4.58. The lowest BCUT2D eigenvalue weighted by Crippen LogP contribution is -2.54. The van der Waals surface area contributed by atoms with Gasteiger partial charge in [-0.15, -0.1) is 0 Å². The fourth-order valence-electron chi connectivity index (χ4n) is 3.02. The molecule has 1 saturated heterocycles. The van der Waals surface area contributed by atoms with Crippen molar-refractivity contribution in [3.05, 3.63) is 71.9 Å². The minimum atomic E-state index is -1.07. The second-order valence-electron chi connectivity index (χ2n) is 6.44. The predicted molar refractivity (Wildman–Crippen MR) is 96.1 cm³/mol. The molecule has 1 aromatic heterocycles. The molecule has 0 radical (unpaired) electrons. The van der Waals surface area contributed by atoms with E-state index in [9.17, 15) is 18.4 Å². The third-order valence-electron chi connectivity index (χ3n) is 4.58. The van der Waals surface area contributed by atoms with E-state index in [1.54, 1.807) is 12.3 Å². The summed E-state index contributed by atoms with van der Waals surface area (Å²) in [5.74, 6) is -3.02. The monoisotopic (exact) mass is 367 g/mol. The molecule has 0 spiro atoms. The smallest absolute Gasteiger partial charge is 0.254 e. The molecule has 27 heavy (non-hydrogen) atoms. The van der Waals surface area contributed by atoms with E-state index in [4.69, 9.17) is 0 Å². The Morgan fingerprint density at radius 1 is 1.04 bits per heavy atom. The minimum absolute atomic E-state index is 0.0646. The molecule has 7 heteroatoms. The van der Waals surface area contributed by atoms with Crippen LogP contribution in [0.3, 0.4) is 0 Å². The number of hydrogen-bond acceptors (Lipinski definition) is 3. The van der Waals surface area contributed by atoms with Crippen molar-refractivity contribution in [2.45, 2.75) is 0 Å². The van der Waals surface area contributed by atoms with Gasteiger partial charge in [-0.3, -0.25) is 14.6 Å². The van der Waals surface area contributed by atoms with Crippen LogP contribution in [-0.2, 0) is 4.79 Å². The van der Waals surface area contributed by atoms with Gasteiger partial charge in [-0.25, -0.2) is 8.78 Å². The molecule has 1 fully saturated rings. The summed E-state index contributed by atoms with van der Waals surface area (Å²) >= 11 is 0. The Balaban J connectivity index is 1.37. The molecular weight excluding hydrogens is 352 g/mol. The molecule has 2 amide bonds. The van der Waals surface area contributed by atoms with Crippen molar-refractivity contribution in [3.8, 4) is 0 Å². The summed E-state index contributed by atoms with van der Waals surface area (Å²) in [6.07, 6.45) is 1.70. The summed E-state index contributed by atoms with van der Waals surface area (Å²) in [6.45, 7) is 0.470. The molecule has 4 rings (SSSR count). The Morgan fingerprint density at radius 3 is 2.63 bits per heavy atom. The quantitative estimate of drug-likeness (QED) is 0.773. The van der Waals surface area contributed by atoms with E-state index < -0.39 is 17.5 Å². The molecule has 2 aromatic carbocycles. The van der Waals surface area contributed by atoms with Gasteiger partial charge in [0, 0.05) is 35.9 Å². The summed E-state index contributed by atoms with van der Waals surface area (Å²) in [5.41, 5.74) is 1.56. The van der Waals surface area contributed by atoms with Crippen LogP contribution in [0.25, 0.3) is 10.9 Å². The molecule has 0 bridgehead atoms. The number of hydrogen-bond donors (Lipinski definition) is 1. The van der Waals surface area contributed by atoms with Crippen molar-refractivity contribution < 1.29 is 18.4 Å². The number of benzene rings is 2. The maximum atomic E-state index is 13.3. The van der Waals surface area contributed by atoms with Crippen LogP contribution in [0, 0.1) is 17.6 Å². The molecule has 0 saturated carbocycles. The maximum Gasteiger partial charge on any atom is 0.254 e. The maximum absolute atomic E-state index is 13.3. The van der Waals surface area contributed by atoms with Gasteiger partial charge in [0.15, 0.2) is 11.6 Å². The summed E-state index contributed by atoms with van der Waals surface area (Å²) in [5, 5.41) is 3.75. The lowest BCUT2D eigenvalue weighted by molar-refractivity contribution is -0.123. The zero-order valence-electron chi connectivity index (χ0n) is 14.2. The van der Waals surface area contributed by atoms with Crippen LogP contribution in [0.15, 0.2) is 54.7 Å². The van der Waals surface area contributed by atoms with Gasteiger partial charge in [-0.05, 0) is 42.5 Å². The van der Waals surface area contributed by atoms with Gasteiger partial charge in [-0.2, -0.15) is 0 Å². The van der Waals surface area contributed by atoms with Crippen molar-refractivity contribution in [1.29, 1.82) is 0 Å². The third kappa shape index (κ3) is 3.36. The Bertz CT molecular complexity index is 1050. The number of pyridine rings is 1. The van der Waals surface area contributed by atoms with E-state index in [0.717, 1.165) is 23.0 Å². The van der Waals surface area contributed by atoms with E-state index in [0.29, 0.717) is 5.69 Å². The number of nitrogens with zero attached hydrogens (tertiary/aromatic N) is 2. The normalized spacial score (nSPS) is 14.1. The molecular formula is C20H15F2N3O2. The molecule has 0 aliphatic carbocycles. The van der Waals surface area contributed by atoms with Crippen molar-refractivity contribution in [2.75, 3.05) is 18.4 Å². The fourth-order valence-corrected chi connectivity index (χ4v) is 3.02. The van der Waals surface area contributed by atoms with E-state index in [2.05, 4.69) is 10.3 Å². The van der Waals surface area contributed by atoms with Crippen LogP contribution in [0.4, 0.5) is 14.5 Å². The predicted octanol–water partition coefficient (Wildman–Crippen LogP) is 3.22. The van der Waals surface area contributed by atoms with Gasteiger partial charge in [0.2, 0.25) is 5.91 Å². The number of rotatable bonds is 3. The van der Waals surface area contributed by atoms with Crippen molar-refractivity contribution in [1.82, 2.24) is 9.88 Å². The topological polar surface area (TPSA) is 62.3 Å². The number of carbonyl (C=O) groups excluding carboxylic acids is 2. The number of likely N-dealkylation sites (tertiary alicyclic amines) is 1. The molecule has 136 valence electrons. The standard InChI is InChI=1S/C20H15F2N3O2/c21-16-5-3-13(9-17(16)22)20(27)25-10-14(11-25)19(26)24-15-4-6-18-12(8-15)2-1-7-23-18/h1-9,14H,10-11H2,(H,24,26). The number of nitrogens with one attached hydrogen (secondary N) is 1. The van der Waals surface area contributed by atoms with Crippen molar-refractivity contribution in [2.24, 2.45) is 5.92 Å². The van der Waals surface area contributed by atoms with Crippen LogP contribution in [-0.4, -0.2) is 34.8 Å². The van der Waals surface area contributed by atoms with E-state index >= 15 is 0 Å². The van der Waals surface area contributed by atoms with Crippen molar-refractivity contribution in [3.63, 3.8) is 0 Å². The Labute approximate surface area is 153 Å². The second kappa shape index (κ2) is 6.75. The van der Waals surface area contributed by atoms with Gasteiger partial charge >= 0.3 is 0 Å². The highest BCUT2D eigenvalue weighted by molar-refractivity contribution is 5.99. The molecule has 3 aromatic rings. The lowest BCUT2D eigenvalue weighted by Gasteiger charge is -2.38. The summed E-state index contributed by atoms with van der Waals surface area (Å²) in [4.78, 5) is 30.3. The van der Waals surface area contributed by atoms with Gasteiger partial charge in [0.05, 0.1) is 11.4 Å². The molecule has 0 unspecified atom stereocenters. The van der Waals surface area contributed by atoms with Crippen LogP contribution in [0.1, 0.15) is 10.4 Å². The van der Waals surface area contributed by atoms with Crippen molar-refractivity contribution >= 4 is 28.4 Å². The van der Waals surface area contributed by atoms with Gasteiger partial charge in [0.1, 0.15) is 0 Å². The van der Waals surface area contributed by atoms with Crippen LogP contribution in [0.2, 0.25) is 0 Å². The Kier molecular flexibility index (Phi) is 4.27. The first-order valence-corrected chi connectivity index (χ1v) is 8.41. The fraction of sp³-hybridized carbons (Fsp3) is 0.150. The first-order chi connectivity index (χ1) is 13.0. The average Bonchev–Trinajstić information content (AvgIpc) is 2.62. The molecule has 0 atom stereocenters. The largest absolute Gasteiger partial charge is 0.337 e. The molecule has 5 nitrogen and oxygen atoms in total. The second-order valence-corrected chi connectivity index (χ2v) is 6.44.